The van der Waals surface area contributed by atoms with Crippen LogP contribution in [0.4, 0.5) is 0 Å². The number of hydrogen-bond donors (Lipinski definition) is 1. The maximum Gasteiger partial charge on any atom is 0.335 e. The Labute approximate surface area is 116 Å². The fraction of sp³-hybridized carbons (Fsp3) is 0. The Bertz CT molecular complexity index is 604. The molecule has 0 aliphatic heterocycles. The van der Waals surface area contributed by atoms with Crippen molar-refractivity contribution in [3.63, 3.8) is 0 Å². The predicted octanol–water partition coefficient (Wildman–Crippen LogP) is 3.99. The van der Waals surface area contributed by atoms with Crippen LogP contribution in [-0.4, -0.2) is 16.1 Å². The molecule has 0 atom stereocenters. The van der Waals surface area contributed by atoms with E-state index >= 15 is 0 Å². The summed E-state index contributed by atoms with van der Waals surface area (Å²) in [6.07, 6.45) is 3.18. The highest BCUT2D eigenvalue weighted by atomic mass is 79.9. The van der Waals surface area contributed by atoms with Gasteiger partial charge in [-0.2, -0.15) is 0 Å². The number of aromatic nitrogens is 1. The van der Waals surface area contributed by atoms with Crippen molar-refractivity contribution in [3.05, 3.63) is 51.7 Å². The topological polar surface area (TPSA) is 59.4 Å². The van der Waals surface area contributed by atoms with Crippen molar-refractivity contribution < 1.29 is 14.6 Å². The molecular formula is C12H7BrClNO3. The number of nitrogens with zero attached hydrogens (tertiary/aromatic N) is 1. The van der Waals surface area contributed by atoms with Gasteiger partial charge in [0.25, 0.3) is 0 Å². The molecule has 4 nitrogen and oxygen atoms in total. The fourth-order valence-corrected chi connectivity index (χ4v) is 1.83. The first-order valence-corrected chi connectivity index (χ1v) is 6.05. The summed E-state index contributed by atoms with van der Waals surface area (Å²) >= 11 is 9.25. The van der Waals surface area contributed by atoms with Gasteiger partial charge in [-0.1, -0.05) is 11.6 Å². The number of hydrogen-bond acceptors (Lipinski definition) is 3. The van der Waals surface area contributed by atoms with E-state index < -0.39 is 5.97 Å². The van der Waals surface area contributed by atoms with Gasteiger partial charge >= 0.3 is 5.97 Å². The van der Waals surface area contributed by atoms with Crippen molar-refractivity contribution in [3.8, 4) is 11.5 Å². The molecule has 1 aromatic heterocycles. The first kappa shape index (κ1) is 12.9. The molecule has 0 unspecified atom stereocenters. The Kier molecular flexibility index (Phi) is 3.84. The Morgan fingerprint density at radius 2 is 2.11 bits per heavy atom. The molecule has 1 heterocycles. The van der Waals surface area contributed by atoms with E-state index in [1.165, 1.54) is 18.2 Å². The largest absolute Gasteiger partial charge is 0.478 e. The van der Waals surface area contributed by atoms with Gasteiger partial charge in [-0.15, -0.1) is 0 Å². The number of carboxylic acid groups (broad SMARTS) is 1. The monoisotopic (exact) mass is 327 g/mol. The van der Waals surface area contributed by atoms with Crippen molar-refractivity contribution in [1.82, 2.24) is 4.98 Å². The predicted molar refractivity (Wildman–Crippen MR) is 70.4 cm³/mol. The lowest BCUT2D eigenvalue weighted by molar-refractivity contribution is 0.0697. The summed E-state index contributed by atoms with van der Waals surface area (Å²) in [7, 11) is 0. The first-order chi connectivity index (χ1) is 8.58. The molecule has 92 valence electrons. The Balaban J connectivity index is 2.30. The van der Waals surface area contributed by atoms with Crippen LogP contribution in [0.15, 0.2) is 41.1 Å². The maximum atomic E-state index is 10.8. The number of aromatic carboxylic acids is 1. The van der Waals surface area contributed by atoms with Gasteiger partial charge in [0, 0.05) is 18.5 Å². The number of halogens is 2. The summed E-state index contributed by atoms with van der Waals surface area (Å²) in [5, 5.41) is 9.05. The molecule has 6 heteroatoms. The number of ether oxygens (including phenoxy) is 1. The highest BCUT2D eigenvalue weighted by Crippen LogP contribution is 2.33. The molecule has 0 spiro atoms. The summed E-state index contributed by atoms with van der Waals surface area (Å²) in [4.78, 5) is 14.7. The molecule has 0 bridgehead atoms. The lowest BCUT2D eigenvalue weighted by atomic mass is 10.2. The summed E-state index contributed by atoms with van der Waals surface area (Å²) < 4.78 is 6.25. The van der Waals surface area contributed by atoms with Crippen LogP contribution in [0.3, 0.4) is 0 Å². The third kappa shape index (κ3) is 2.80. The Morgan fingerprint density at radius 1 is 1.33 bits per heavy atom. The number of benzene rings is 1. The van der Waals surface area contributed by atoms with Gasteiger partial charge < -0.3 is 9.84 Å². The fourth-order valence-electron chi connectivity index (χ4n) is 1.28. The highest BCUT2D eigenvalue weighted by molar-refractivity contribution is 9.10. The Morgan fingerprint density at radius 3 is 2.72 bits per heavy atom. The van der Waals surface area contributed by atoms with Crippen LogP contribution in [0.5, 0.6) is 11.5 Å². The quantitative estimate of drug-likeness (QED) is 0.925. The Hall–Kier alpha value is -1.59. The third-order valence-electron chi connectivity index (χ3n) is 2.13. The van der Waals surface area contributed by atoms with Gasteiger partial charge in [-0.3, -0.25) is 4.98 Å². The summed E-state index contributed by atoms with van der Waals surface area (Å²) in [6.45, 7) is 0. The third-order valence-corrected chi connectivity index (χ3v) is 3.02. The standard InChI is InChI=1S/C12H7BrClNO3/c13-8-6-15-4-3-10(8)18-11-2-1-7(12(16)17)5-9(11)14/h1-6H,(H,16,17). The number of pyridine rings is 1. The number of rotatable bonds is 3. The second-order valence-corrected chi connectivity index (χ2v) is 4.62. The van der Waals surface area contributed by atoms with Gasteiger partial charge in [0.2, 0.25) is 0 Å². The van der Waals surface area contributed by atoms with E-state index in [-0.39, 0.29) is 10.6 Å². The molecule has 0 fully saturated rings. The summed E-state index contributed by atoms with van der Waals surface area (Å²) in [5.41, 5.74) is 0.112. The van der Waals surface area contributed by atoms with Crippen LogP contribution in [0.25, 0.3) is 0 Å². The molecule has 0 aliphatic rings. The second-order valence-electron chi connectivity index (χ2n) is 3.36. The van der Waals surface area contributed by atoms with Gasteiger partial charge in [0.1, 0.15) is 11.5 Å². The average molecular weight is 329 g/mol. The molecule has 0 amide bonds. The van der Waals surface area contributed by atoms with Crippen LogP contribution in [0.2, 0.25) is 5.02 Å². The first-order valence-electron chi connectivity index (χ1n) is 4.88. The van der Waals surface area contributed by atoms with E-state index in [0.29, 0.717) is 16.0 Å². The molecule has 0 saturated heterocycles. The lowest BCUT2D eigenvalue weighted by Gasteiger charge is -2.09. The highest BCUT2D eigenvalue weighted by Gasteiger charge is 2.10. The van der Waals surface area contributed by atoms with Crippen LogP contribution in [-0.2, 0) is 0 Å². The molecule has 1 N–H and O–H groups in total. The minimum atomic E-state index is -1.03. The zero-order valence-electron chi connectivity index (χ0n) is 8.93. The van der Waals surface area contributed by atoms with Crippen molar-refractivity contribution in [1.29, 1.82) is 0 Å². The minimum absolute atomic E-state index is 0.112. The van der Waals surface area contributed by atoms with Crippen LogP contribution in [0, 0.1) is 0 Å². The zero-order valence-corrected chi connectivity index (χ0v) is 11.3. The maximum absolute atomic E-state index is 10.8. The van der Waals surface area contributed by atoms with Gasteiger partial charge in [0.05, 0.1) is 15.1 Å². The summed E-state index contributed by atoms with van der Waals surface area (Å²) in [5.74, 6) is -0.0999. The smallest absolute Gasteiger partial charge is 0.335 e. The van der Waals surface area contributed by atoms with E-state index in [4.69, 9.17) is 21.4 Å². The van der Waals surface area contributed by atoms with Gasteiger partial charge in [0.15, 0.2) is 0 Å². The van der Waals surface area contributed by atoms with Crippen molar-refractivity contribution in [2.24, 2.45) is 0 Å². The van der Waals surface area contributed by atoms with Crippen molar-refractivity contribution >= 4 is 33.5 Å². The van der Waals surface area contributed by atoms with Crippen LogP contribution >= 0.6 is 27.5 Å². The van der Waals surface area contributed by atoms with Crippen molar-refractivity contribution in [2.75, 3.05) is 0 Å². The zero-order chi connectivity index (χ0) is 13.1. The molecule has 18 heavy (non-hydrogen) atoms. The molecule has 0 aliphatic carbocycles. The number of carboxylic acids is 1. The molecule has 1 aromatic carbocycles. The normalized spacial score (nSPS) is 10.1. The molecule has 2 rings (SSSR count). The average Bonchev–Trinajstić information content (AvgIpc) is 2.34. The minimum Gasteiger partial charge on any atom is -0.478 e. The molecule has 0 saturated carbocycles. The van der Waals surface area contributed by atoms with E-state index in [2.05, 4.69) is 20.9 Å². The SMILES string of the molecule is O=C(O)c1ccc(Oc2ccncc2Br)c(Cl)c1. The summed E-state index contributed by atoms with van der Waals surface area (Å²) in [6, 6.07) is 5.96. The van der Waals surface area contributed by atoms with E-state index in [1.54, 1.807) is 18.5 Å². The van der Waals surface area contributed by atoms with E-state index in [1.807, 2.05) is 0 Å². The molecular weight excluding hydrogens is 321 g/mol. The second kappa shape index (κ2) is 5.37. The van der Waals surface area contributed by atoms with Gasteiger partial charge in [-0.25, -0.2) is 4.79 Å². The van der Waals surface area contributed by atoms with Crippen LogP contribution < -0.4 is 4.74 Å². The van der Waals surface area contributed by atoms with Crippen molar-refractivity contribution in [2.45, 2.75) is 0 Å². The molecule has 2 aromatic rings. The lowest BCUT2D eigenvalue weighted by Crippen LogP contribution is -1.96. The molecule has 0 radical (unpaired) electrons. The van der Waals surface area contributed by atoms with E-state index in [9.17, 15) is 4.79 Å². The van der Waals surface area contributed by atoms with E-state index in [0.717, 1.165) is 0 Å². The van der Waals surface area contributed by atoms with Gasteiger partial charge in [-0.05, 0) is 34.1 Å². The van der Waals surface area contributed by atoms with Crippen LogP contribution in [0.1, 0.15) is 10.4 Å². The number of carbonyl (C=O) groups is 1.